The van der Waals surface area contributed by atoms with Gasteiger partial charge in [0.05, 0.1) is 5.52 Å². The van der Waals surface area contributed by atoms with E-state index in [9.17, 15) is 16.8 Å². The maximum atomic E-state index is 11.1. The number of nitrogens with one attached hydrogen (secondary N) is 1. The van der Waals surface area contributed by atoms with Gasteiger partial charge in [0, 0.05) is 0 Å². The molecule has 0 aliphatic rings. The van der Waals surface area contributed by atoms with Gasteiger partial charge in [0.1, 0.15) is 15.3 Å². The fourth-order valence-corrected chi connectivity index (χ4v) is 4.01. The molecule has 0 amide bonds. The molecule has 4 rings (SSSR count). The van der Waals surface area contributed by atoms with Crippen molar-refractivity contribution in [2.24, 2.45) is 10.3 Å². The molecule has 0 atom stereocenters. The Balaban J connectivity index is 0.000000161. The molecule has 0 fully saturated rings. The minimum absolute atomic E-state index is 0.0673. The second-order valence-electron chi connectivity index (χ2n) is 5.31. The molecule has 0 saturated carbocycles. The molecule has 2 aromatic heterocycles. The number of oxazole rings is 2. The molecule has 148 valence electrons. The van der Waals surface area contributed by atoms with Crippen molar-refractivity contribution in [3.05, 3.63) is 46.6 Å². The number of halogens is 1. The summed E-state index contributed by atoms with van der Waals surface area (Å²) < 4.78 is 54.4. The molecule has 14 heteroatoms. The van der Waals surface area contributed by atoms with E-state index in [4.69, 9.17) is 42.9 Å². The molecule has 0 radical (unpaired) electrons. The number of benzene rings is 2. The Labute approximate surface area is 168 Å². The average Bonchev–Trinajstić information content (AvgIpc) is 3.12. The molecule has 0 saturated heterocycles. The summed E-state index contributed by atoms with van der Waals surface area (Å²) in [6.45, 7) is 0. The number of primary sulfonamides is 2. The zero-order chi connectivity index (χ0) is 20.7. The zero-order valence-electron chi connectivity index (χ0n) is 13.6. The minimum Gasteiger partial charge on any atom is -0.428 e. The van der Waals surface area contributed by atoms with Gasteiger partial charge in [0.2, 0.25) is 20.0 Å². The topological polar surface area (TPSA) is 175 Å². The number of hydrogen-bond acceptors (Lipinski definition) is 8. The molecule has 2 aromatic carbocycles. The molecule has 0 bridgehead atoms. The Morgan fingerprint density at radius 2 is 1.50 bits per heavy atom. The van der Waals surface area contributed by atoms with Crippen molar-refractivity contribution in [3.63, 3.8) is 0 Å². The summed E-state index contributed by atoms with van der Waals surface area (Å²) in [5, 5.41) is 9.86. The van der Waals surface area contributed by atoms with Crippen LogP contribution in [0.5, 0.6) is 0 Å². The molecule has 5 N–H and O–H groups in total. The number of nitrogens with two attached hydrogens (primary N) is 2. The molecular formula is C14H11ClN4O6S3. The summed E-state index contributed by atoms with van der Waals surface area (Å²) in [6, 6.07) is 9.01. The third-order valence-electron chi connectivity index (χ3n) is 3.38. The Bertz CT molecular complexity index is 1450. The van der Waals surface area contributed by atoms with E-state index in [0.717, 1.165) is 0 Å². The van der Waals surface area contributed by atoms with Crippen molar-refractivity contribution in [1.82, 2.24) is 9.97 Å². The van der Waals surface area contributed by atoms with Crippen LogP contribution in [0.1, 0.15) is 0 Å². The second kappa shape index (κ2) is 7.27. The molecule has 2 heterocycles. The second-order valence-corrected chi connectivity index (χ2v) is 9.06. The number of hydrogen-bond donors (Lipinski definition) is 3. The minimum atomic E-state index is -3.81. The van der Waals surface area contributed by atoms with Crippen molar-refractivity contribution < 1.29 is 25.7 Å². The number of H-pyrrole nitrogens is 1. The lowest BCUT2D eigenvalue weighted by atomic mass is 10.3. The van der Waals surface area contributed by atoms with E-state index in [1.165, 1.54) is 18.2 Å². The highest BCUT2D eigenvalue weighted by molar-refractivity contribution is 7.89. The van der Waals surface area contributed by atoms with Crippen LogP contribution in [0.3, 0.4) is 0 Å². The van der Waals surface area contributed by atoms with Gasteiger partial charge in [-0.3, -0.25) is 0 Å². The number of sulfonamides is 2. The van der Waals surface area contributed by atoms with Crippen LogP contribution >= 0.6 is 23.8 Å². The first kappa shape index (κ1) is 20.4. The lowest BCUT2D eigenvalue weighted by molar-refractivity contribution is 0.568. The van der Waals surface area contributed by atoms with Crippen LogP contribution in [0.15, 0.2) is 55.0 Å². The third-order valence-corrected chi connectivity index (χ3v) is 5.59. The van der Waals surface area contributed by atoms with E-state index >= 15 is 0 Å². The Hall–Kier alpha value is -2.29. The highest BCUT2D eigenvalue weighted by Crippen LogP contribution is 2.24. The first-order chi connectivity index (χ1) is 13.0. The summed E-state index contributed by atoms with van der Waals surface area (Å²) >= 11 is 10.2. The number of rotatable bonds is 2. The fraction of sp³-hybridized carbons (Fsp3) is 0. The smallest absolute Gasteiger partial charge is 0.293 e. The fourth-order valence-electron chi connectivity index (χ4n) is 2.29. The number of nitrogens with zero attached hydrogens (tertiary/aromatic N) is 1. The third kappa shape index (κ3) is 4.24. The summed E-state index contributed by atoms with van der Waals surface area (Å²) in [5.41, 5.74) is 1.13. The number of aromatic amines is 1. The number of para-hydroxylation sites is 2. The highest BCUT2D eigenvalue weighted by Gasteiger charge is 2.17. The predicted octanol–water partition coefficient (Wildman–Crippen LogP) is 2.27. The quantitative estimate of drug-likeness (QED) is 0.380. The first-order valence-electron chi connectivity index (χ1n) is 7.19. The Morgan fingerprint density at radius 3 is 2.11 bits per heavy atom. The summed E-state index contributed by atoms with van der Waals surface area (Å²) in [6.07, 6.45) is 0. The van der Waals surface area contributed by atoms with Crippen molar-refractivity contribution in [2.45, 2.75) is 9.79 Å². The Kier molecular flexibility index (Phi) is 5.31. The van der Waals surface area contributed by atoms with E-state index in [-0.39, 0.29) is 31.1 Å². The van der Waals surface area contributed by atoms with Crippen molar-refractivity contribution in [3.8, 4) is 0 Å². The maximum Gasteiger partial charge on any atom is 0.293 e. The summed E-state index contributed by atoms with van der Waals surface area (Å²) in [5.74, 6) is 0. The zero-order valence-corrected chi connectivity index (χ0v) is 16.8. The molecule has 4 aromatic rings. The standard InChI is InChI=1S/C7H5ClN2O3S.C7H6N2O3S2/c8-7-10-4-2-1-3-5(6(4)13-7)14(9,11)12;8-14(10,11)5-3-1-2-4-6(5)12-7(13)9-4/h1-3H,(H2,9,11,12);1-3H,(H,9,13)(H2,8,10,11). The van der Waals surface area contributed by atoms with Gasteiger partial charge in [-0.2, -0.15) is 4.98 Å². The van der Waals surface area contributed by atoms with E-state index in [0.29, 0.717) is 11.0 Å². The van der Waals surface area contributed by atoms with Crippen LogP contribution < -0.4 is 10.3 Å². The van der Waals surface area contributed by atoms with E-state index in [2.05, 4.69) is 9.97 Å². The maximum absolute atomic E-state index is 11.1. The Morgan fingerprint density at radius 1 is 0.929 bits per heavy atom. The van der Waals surface area contributed by atoms with Crippen LogP contribution in [0.4, 0.5) is 0 Å². The summed E-state index contributed by atoms with van der Waals surface area (Å²) in [4.78, 5) is 6.40. The first-order valence-corrected chi connectivity index (χ1v) is 11.1. The molecular weight excluding hydrogens is 452 g/mol. The van der Waals surface area contributed by atoms with Crippen LogP contribution in [0, 0.1) is 4.84 Å². The van der Waals surface area contributed by atoms with Gasteiger partial charge >= 0.3 is 0 Å². The molecule has 28 heavy (non-hydrogen) atoms. The lowest BCUT2D eigenvalue weighted by Gasteiger charge is -1.96. The lowest BCUT2D eigenvalue weighted by Crippen LogP contribution is -2.12. The number of aromatic nitrogens is 2. The summed E-state index contributed by atoms with van der Waals surface area (Å²) in [7, 11) is -7.58. The normalized spacial score (nSPS) is 12.1. The van der Waals surface area contributed by atoms with E-state index in [1.54, 1.807) is 18.2 Å². The average molecular weight is 463 g/mol. The van der Waals surface area contributed by atoms with Gasteiger partial charge in [0.15, 0.2) is 11.2 Å². The van der Waals surface area contributed by atoms with Gasteiger partial charge in [-0.25, -0.2) is 27.1 Å². The van der Waals surface area contributed by atoms with Crippen molar-refractivity contribution >= 4 is 66.1 Å². The number of fused-ring (bicyclic) bond motifs is 2. The van der Waals surface area contributed by atoms with Gasteiger partial charge in [-0.1, -0.05) is 12.1 Å². The van der Waals surface area contributed by atoms with Crippen molar-refractivity contribution in [1.29, 1.82) is 0 Å². The van der Waals surface area contributed by atoms with Gasteiger partial charge < -0.3 is 13.8 Å². The van der Waals surface area contributed by atoms with Crippen LogP contribution in [-0.2, 0) is 20.0 Å². The van der Waals surface area contributed by atoms with E-state index in [1.807, 2.05) is 0 Å². The molecule has 0 spiro atoms. The van der Waals surface area contributed by atoms with Crippen LogP contribution in [0.25, 0.3) is 22.2 Å². The molecule has 0 aliphatic heterocycles. The predicted molar refractivity (Wildman–Crippen MR) is 103 cm³/mol. The van der Waals surface area contributed by atoms with Crippen LogP contribution in [-0.4, -0.2) is 26.8 Å². The highest BCUT2D eigenvalue weighted by atomic mass is 35.5. The monoisotopic (exact) mass is 462 g/mol. The SMILES string of the molecule is NS(=O)(=O)c1cccc2[nH]c(=S)oc12.NS(=O)(=O)c1cccc2nc(Cl)oc12. The molecule has 10 nitrogen and oxygen atoms in total. The van der Waals surface area contributed by atoms with Gasteiger partial charge in [0.25, 0.3) is 10.2 Å². The van der Waals surface area contributed by atoms with Crippen molar-refractivity contribution in [2.75, 3.05) is 0 Å². The van der Waals surface area contributed by atoms with Gasteiger partial charge in [-0.15, -0.1) is 0 Å². The molecule has 0 aliphatic carbocycles. The van der Waals surface area contributed by atoms with Crippen LogP contribution in [0.2, 0.25) is 5.35 Å². The molecule has 0 unspecified atom stereocenters. The van der Waals surface area contributed by atoms with Gasteiger partial charge in [-0.05, 0) is 48.1 Å². The van der Waals surface area contributed by atoms with E-state index < -0.39 is 20.0 Å². The largest absolute Gasteiger partial charge is 0.428 e.